The van der Waals surface area contributed by atoms with Crippen molar-refractivity contribution in [1.82, 2.24) is 0 Å². The van der Waals surface area contributed by atoms with Gasteiger partial charge in [-0.2, -0.15) is 0 Å². The summed E-state index contributed by atoms with van der Waals surface area (Å²) < 4.78 is 0. The third kappa shape index (κ3) is 25.2. The van der Waals surface area contributed by atoms with Crippen LogP contribution in [0, 0.1) is 99.8 Å². The Kier molecular flexibility index (Phi) is 16.7. The summed E-state index contributed by atoms with van der Waals surface area (Å²) in [7, 11) is -20.3. The van der Waals surface area contributed by atoms with Crippen molar-refractivity contribution >= 4 is 80.7 Å². The van der Waals surface area contributed by atoms with Gasteiger partial charge in [0.15, 0.2) is 0 Å². The van der Waals surface area contributed by atoms with Crippen molar-refractivity contribution in [2.24, 2.45) is 0 Å². The molecule has 0 aromatic carbocycles. The van der Waals surface area contributed by atoms with Crippen LogP contribution in [0.5, 0.6) is 0 Å². The molecule has 0 N–H and O–H groups in total. The highest BCUT2D eigenvalue weighted by Gasteiger charge is 2.30. The highest BCUT2D eigenvalue weighted by Crippen LogP contribution is 2.11. The lowest BCUT2D eigenvalue weighted by molar-refractivity contribution is 1.81. The van der Waals surface area contributed by atoms with E-state index in [9.17, 15) is 0 Å². The second kappa shape index (κ2) is 17.4. The van der Waals surface area contributed by atoms with E-state index >= 15 is 0 Å². The predicted molar refractivity (Wildman–Crippen MR) is 257 cm³/mol. The first-order chi connectivity index (χ1) is 21.9. The van der Waals surface area contributed by atoms with Crippen LogP contribution in [0.4, 0.5) is 0 Å². The van der Waals surface area contributed by atoms with Crippen LogP contribution in [0.15, 0.2) is 0 Å². The maximum atomic E-state index is 3.76. The van der Waals surface area contributed by atoms with Crippen molar-refractivity contribution in [2.75, 3.05) is 0 Å². The lowest BCUT2D eigenvalue weighted by Gasteiger charge is -2.14. The van der Waals surface area contributed by atoms with Crippen LogP contribution in [0.1, 0.15) is 0 Å². The van der Waals surface area contributed by atoms with Gasteiger partial charge >= 0.3 is 0 Å². The van der Waals surface area contributed by atoms with Crippen molar-refractivity contribution < 1.29 is 0 Å². The van der Waals surface area contributed by atoms with Gasteiger partial charge in [-0.25, -0.2) is 0 Å². The first-order valence-corrected chi connectivity index (χ1v) is 48.8. The molecule has 0 aliphatic heterocycles. The Hall–Kier alpha value is -1.79. The van der Waals surface area contributed by atoms with E-state index in [4.69, 9.17) is 0 Å². The molecule has 0 spiro atoms. The van der Waals surface area contributed by atoms with Crippen LogP contribution in [-0.2, 0) is 0 Å². The molecular weight excluding hydrogens is 761 g/mol. The van der Waals surface area contributed by atoms with Crippen molar-refractivity contribution in [2.45, 2.75) is 144 Å². The molecule has 0 aliphatic rings. The van der Waals surface area contributed by atoms with E-state index in [0.717, 1.165) is 0 Å². The summed E-state index contributed by atoms with van der Waals surface area (Å²) in [4.78, 5) is 0. The Morgan fingerprint density at radius 3 is 0.300 bits per heavy atom. The topological polar surface area (TPSA) is 0 Å². The Balaban J connectivity index is 8.32. The quantitative estimate of drug-likeness (QED) is 0.169. The third-order valence-corrected chi connectivity index (χ3v) is 20.8. The van der Waals surface area contributed by atoms with Gasteiger partial charge in [-0.15, -0.1) is 99.8 Å². The molecule has 0 aromatic rings. The average Bonchev–Trinajstić information content (AvgIpc) is 2.90. The van der Waals surface area contributed by atoms with Gasteiger partial charge < -0.3 is 0 Å². The minimum absolute atomic E-state index is 1.63. The number of hydrogen-bond acceptors (Lipinski definition) is 0. The van der Waals surface area contributed by atoms with E-state index < -0.39 is 80.7 Å². The van der Waals surface area contributed by atoms with E-state index in [2.05, 4.69) is 244 Å². The monoisotopic (exact) mass is 826 g/mol. The first kappa shape index (κ1) is 48.2. The summed E-state index contributed by atoms with van der Waals surface area (Å²) in [6.45, 7) is 50.0. The van der Waals surface area contributed by atoms with Crippen molar-refractivity contribution in [3.05, 3.63) is 0 Å². The maximum Gasteiger partial charge on any atom is 0.285 e. The fourth-order valence-corrected chi connectivity index (χ4v) is 24.8. The SMILES string of the molecule is C[Si](C)(C)C#C[Si](C)(C#C[Si](C)(C)C)C#C[Si](C)(C#C[Si](C)(C#C[Si](C)(C)C)C#C[Si](C)(C)C)C#C[Si](C)(C#C[Si](C)(C)C)C#C[Si](C)(C)C. The summed E-state index contributed by atoms with van der Waals surface area (Å²) >= 11 is 0. The lowest BCUT2D eigenvalue weighted by Crippen LogP contribution is -2.35. The van der Waals surface area contributed by atoms with Crippen molar-refractivity contribution in [3.8, 4) is 99.8 Å². The molecule has 266 valence electrons. The van der Waals surface area contributed by atoms with Gasteiger partial charge in [0.05, 0.1) is 0 Å². The van der Waals surface area contributed by atoms with Crippen LogP contribution in [0.3, 0.4) is 0 Å². The van der Waals surface area contributed by atoms with Gasteiger partial charge in [0.25, 0.3) is 32.3 Å². The Morgan fingerprint density at radius 1 is 0.140 bits per heavy atom. The third-order valence-electron chi connectivity index (χ3n) is 5.81. The van der Waals surface area contributed by atoms with Crippen molar-refractivity contribution in [1.29, 1.82) is 0 Å². The highest BCUT2D eigenvalue weighted by molar-refractivity contribution is 7.09. The van der Waals surface area contributed by atoms with Gasteiger partial charge in [0, 0.05) is 0 Å². The highest BCUT2D eigenvalue weighted by atomic mass is 28.3. The minimum atomic E-state index is -2.85. The smallest absolute Gasteiger partial charge is 0.137 e. The molecule has 0 saturated heterocycles. The zero-order valence-corrected chi connectivity index (χ0v) is 46.0. The fraction of sp³-hybridized carbons (Fsp3) is 0.550. The lowest BCUT2D eigenvalue weighted by atomic mass is 11.3. The van der Waals surface area contributed by atoms with Gasteiger partial charge in [0.1, 0.15) is 48.4 Å². The zero-order chi connectivity index (χ0) is 39.7. The Morgan fingerprint density at radius 2 is 0.220 bits per heavy atom. The Labute approximate surface area is 322 Å². The molecule has 0 amide bonds. The number of hydrogen-bond donors (Lipinski definition) is 0. The summed E-state index contributed by atoms with van der Waals surface area (Å²) in [5, 5.41) is 0. The summed E-state index contributed by atoms with van der Waals surface area (Å²) in [5.74, 6) is 0. The molecule has 0 unspecified atom stereocenters. The predicted octanol–water partition coefficient (Wildman–Crippen LogP) is 9.07. The summed E-state index contributed by atoms with van der Waals surface area (Å²) in [6.07, 6.45) is 0. The van der Waals surface area contributed by atoms with E-state index in [0.29, 0.717) is 0 Å². The van der Waals surface area contributed by atoms with E-state index in [1.165, 1.54) is 0 Å². The van der Waals surface area contributed by atoms with Crippen LogP contribution in [-0.4, -0.2) is 80.7 Å². The van der Waals surface area contributed by atoms with Gasteiger partial charge in [-0.3, -0.25) is 0 Å². The van der Waals surface area contributed by atoms with E-state index in [-0.39, 0.29) is 0 Å². The summed E-state index contributed by atoms with van der Waals surface area (Å²) in [6, 6.07) is 0. The molecule has 50 heavy (non-hydrogen) atoms. The zero-order valence-electron chi connectivity index (χ0n) is 36.0. The molecule has 0 radical (unpaired) electrons. The molecule has 0 heterocycles. The Bertz CT molecular complexity index is 1540. The van der Waals surface area contributed by atoms with Crippen LogP contribution >= 0.6 is 0 Å². The molecule has 0 saturated carbocycles. The molecular formula is C40H66Si10. The molecule has 0 nitrogen and oxygen atoms in total. The van der Waals surface area contributed by atoms with Gasteiger partial charge in [0.2, 0.25) is 0 Å². The van der Waals surface area contributed by atoms with Gasteiger partial charge in [-0.05, 0) is 26.2 Å². The second-order valence-electron chi connectivity index (χ2n) is 20.2. The fourth-order valence-electron chi connectivity index (χ4n) is 3.00. The van der Waals surface area contributed by atoms with E-state index in [1.807, 2.05) is 0 Å². The molecule has 0 rings (SSSR count). The van der Waals surface area contributed by atoms with Crippen LogP contribution in [0.25, 0.3) is 0 Å². The maximum absolute atomic E-state index is 3.76. The first-order valence-electron chi connectivity index (χ1n) is 17.8. The van der Waals surface area contributed by atoms with Crippen LogP contribution < -0.4 is 0 Å². The molecule has 10 heteroatoms. The molecule has 0 atom stereocenters. The van der Waals surface area contributed by atoms with Gasteiger partial charge in [-0.1, -0.05) is 118 Å². The van der Waals surface area contributed by atoms with Crippen LogP contribution in [0.2, 0.25) is 144 Å². The second-order valence-corrected chi connectivity index (χ2v) is 60.8. The standard InChI is InChI=1S/C40H66Si10/c1-41(2,3)23-29-47(19,30-24-42(4,5)6)35-38-50(22,39-36-48(20,31-25-43(7,8)9)32-26-44(10,11)12)40-37-49(21,33-27-45(13,14)15)34-28-46(16,17)18/h1-22H3. The average molecular weight is 828 g/mol. The molecule has 0 aliphatic carbocycles. The summed E-state index contributed by atoms with van der Waals surface area (Å²) in [5.41, 5.74) is 66.3. The largest absolute Gasteiger partial charge is 0.285 e. The number of rotatable bonds is 0. The molecule has 0 aromatic heterocycles. The minimum Gasteiger partial charge on any atom is -0.137 e. The van der Waals surface area contributed by atoms with E-state index in [1.54, 1.807) is 0 Å². The molecule has 0 fully saturated rings. The molecule has 0 bridgehead atoms. The normalized spacial score (nSPS) is 12.4. The van der Waals surface area contributed by atoms with Crippen molar-refractivity contribution in [3.63, 3.8) is 0 Å².